The van der Waals surface area contributed by atoms with Crippen LogP contribution in [0.25, 0.3) is 0 Å². The second-order valence-corrected chi connectivity index (χ2v) is 7.82. The van der Waals surface area contributed by atoms with Crippen molar-refractivity contribution in [3.63, 3.8) is 0 Å². The van der Waals surface area contributed by atoms with Crippen molar-refractivity contribution in [1.29, 1.82) is 0 Å². The molecule has 0 aliphatic carbocycles. The predicted molar refractivity (Wildman–Crippen MR) is 108 cm³/mol. The van der Waals surface area contributed by atoms with Gasteiger partial charge in [-0.05, 0) is 37.1 Å². The van der Waals surface area contributed by atoms with E-state index in [1.807, 2.05) is 5.10 Å². The smallest absolute Gasteiger partial charge is 0.433 e. The van der Waals surface area contributed by atoms with Crippen LogP contribution in [0.3, 0.4) is 0 Å². The summed E-state index contributed by atoms with van der Waals surface area (Å²) in [5.41, 5.74) is -1.66. The Morgan fingerprint density at radius 3 is 2.52 bits per heavy atom. The molecule has 3 heterocycles. The van der Waals surface area contributed by atoms with Crippen LogP contribution in [0, 0.1) is 0 Å². The first kappa shape index (κ1) is 22.7. The summed E-state index contributed by atoms with van der Waals surface area (Å²) in [5.74, 6) is 0.590. The Bertz CT molecular complexity index is 987. The van der Waals surface area contributed by atoms with Crippen molar-refractivity contribution in [3.05, 3.63) is 41.7 Å². The van der Waals surface area contributed by atoms with Gasteiger partial charge in [-0.3, -0.25) is 9.89 Å². The largest absolute Gasteiger partial charge is 0.497 e. The average Bonchev–Trinajstić information content (AvgIpc) is 3.45. The van der Waals surface area contributed by atoms with Crippen LogP contribution in [0.1, 0.15) is 28.9 Å². The van der Waals surface area contributed by atoms with Crippen molar-refractivity contribution >= 4 is 12.0 Å². The molecule has 0 saturated carbocycles. The van der Waals surface area contributed by atoms with Gasteiger partial charge in [-0.2, -0.15) is 18.3 Å². The number of nitrogens with one attached hydrogen (secondary N) is 1. The van der Waals surface area contributed by atoms with Crippen LogP contribution in [0.15, 0.2) is 30.5 Å². The molecule has 1 aromatic heterocycles. The molecule has 178 valence electrons. The fourth-order valence-corrected chi connectivity index (χ4v) is 4.00. The normalized spacial score (nSPS) is 19.5. The molecular weight excluding hydrogens is 445 g/mol. The van der Waals surface area contributed by atoms with Crippen molar-refractivity contribution in [2.75, 3.05) is 33.4 Å². The molecule has 2 fully saturated rings. The van der Waals surface area contributed by atoms with E-state index in [0.717, 1.165) is 6.20 Å². The molecule has 2 aliphatic rings. The third-order valence-electron chi connectivity index (χ3n) is 5.74. The number of hydrogen-bond donors (Lipinski definition) is 1. The maximum absolute atomic E-state index is 13.0. The number of nitrogens with zero attached hydrogens (tertiary/aromatic N) is 3. The van der Waals surface area contributed by atoms with Crippen LogP contribution in [0.4, 0.5) is 18.0 Å². The molecule has 1 atom stereocenters. The van der Waals surface area contributed by atoms with Gasteiger partial charge in [-0.15, -0.1) is 0 Å². The monoisotopic (exact) mass is 468 g/mol. The van der Waals surface area contributed by atoms with E-state index in [4.69, 9.17) is 14.2 Å². The Kier molecular flexibility index (Phi) is 6.34. The van der Waals surface area contributed by atoms with Gasteiger partial charge in [0.25, 0.3) is 5.91 Å². The number of halogens is 3. The van der Waals surface area contributed by atoms with Crippen LogP contribution in [-0.2, 0) is 10.9 Å². The number of cyclic esters (lactones) is 1. The van der Waals surface area contributed by atoms with Crippen LogP contribution < -0.4 is 9.47 Å². The minimum absolute atomic E-state index is 0.168. The molecule has 33 heavy (non-hydrogen) atoms. The first-order valence-corrected chi connectivity index (χ1v) is 10.4. The molecule has 0 spiro atoms. The van der Waals surface area contributed by atoms with Gasteiger partial charge in [0.05, 0.1) is 25.4 Å². The number of carbonyl (C=O) groups is 2. The number of hydrogen-bond acceptors (Lipinski definition) is 6. The fraction of sp³-hybridized carbons (Fsp3) is 0.476. The van der Waals surface area contributed by atoms with Crippen molar-refractivity contribution in [2.45, 2.75) is 31.2 Å². The van der Waals surface area contributed by atoms with E-state index in [-0.39, 0.29) is 25.7 Å². The Labute approximate surface area is 187 Å². The van der Waals surface area contributed by atoms with Crippen LogP contribution in [-0.4, -0.2) is 77.5 Å². The lowest BCUT2D eigenvalue weighted by atomic mass is 10.0. The molecule has 2 saturated heterocycles. The molecule has 1 N–H and O–H groups in total. The minimum Gasteiger partial charge on any atom is -0.497 e. The number of alkyl halides is 3. The number of ether oxygens (including phenoxy) is 3. The Morgan fingerprint density at radius 2 is 1.88 bits per heavy atom. The van der Waals surface area contributed by atoms with Crippen molar-refractivity contribution < 1.29 is 37.0 Å². The Morgan fingerprint density at radius 1 is 1.21 bits per heavy atom. The lowest BCUT2D eigenvalue weighted by Crippen LogP contribution is -2.47. The van der Waals surface area contributed by atoms with E-state index < -0.39 is 35.5 Å². The van der Waals surface area contributed by atoms with Crippen molar-refractivity contribution in [2.24, 2.45) is 0 Å². The third kappa shape index (κ3) is 4.99. The highest BCUT2D eigenvalue weighted by Crippen LogP contribution is 2.31. The number of amides is 2. The molecule has 12 heteroatoms. The number of likely N-dealkylation sites (tertiary alicyclic amines) is 1. The Hall–Kier alpha value is -3.44. The average molecular weight is 468 g/mol. The lowest BCUT2D eigenvalue weighted by molar-refractivity contribution is -0.141. The molecule has 1 aromatic carbocycles. The van der Waals surface area contributed by atoms with Crippen molar-refractivity contribution in [1.82, 2.24) is 20.0 Å². The third-order valence-corrected chi connectivity index (χ3v) is 5.74. The summed E-state index contributed by atoms with van der Waals surface area (Å²) < 4.78 is 55.3. The standard InChI is InChI=1S/C21H23F3N4O5/c1-31-14-2-4-15(5-3-14)32-12-16-11-28(20(30)33-16)13-6-8-27(9-7-13)19(29)17-10-25-26-18(17)21(22,23)24/h2-5,10,13,16H,6-9,11-12H2,1H3,(H,25,26). The van der Waals surface area contributed by atoms with E-state index in [2.05, 4.69) is 5.10 Å². The maximum Gasteiger partial charge on any atom is 0.433 e. The Balaban J connectivity index is 1.28. The molecule has 0 bridgehead atoms. The number of aromatic amines is 1. The van der Waals surface area contributed by atoms with E-state index in [1.165, 1.54) is 4.90 Å². The molecule has 9 nitrogen and oxygen atoms in total. The van der Waals surface area contributed by atoms with E-state index in [1.54, 1.807) is 36.3 Å². The van der Waals surface area contributed by atoms with E-state index >= 15 is 0 Å². The highest BCUT2D eigenvalue weighted by molar-refractivity contribution is 5.95. The zero-order chi connectivity index (χ0) is 23.6. The van der Waals surface area contributed by atoms with Gasteiger partial charge in [0.2, 0.25) is 0 Å². The zero-order valence-corrected chi connectivity index (χ0v) is 17.8. The second-order valence-electron chi connectivity index (χ2n) is 7.82. The minimum atomic E-state index is -4.69. The summed E-state index contributed by atoms with van der Waals surface area (Å²) in [6, 6.07) is 6.87. The molecule has 1 unspecified atom stereocenters. The summed E-state index contributed by atoms with van der Waals surface area (Å²) in [6.07, 6.45) is -3.83. The molecule has 2 amide bonds. The highest BCUT2D eigenvalue weighted by Gasteiger charge is 2.41. The number of piperidine rings is 1. The van der Waals surface area contributed by atoms with E-state index in [0.29, 0.717) is 30.9 Å². The molecule has 4 rings (SSSR count). The number of carbonyl (C=O) groups excluding carboxylic acids is 2. The summed E-state index contributed by atoms with van der Waals surface area (Å²) in [6.45, 7) is 0.978. The SMILES string of the molecule is COc1ccc(OCC2CN(C3CCN(C(=O)c4cn[nH]c4C(F)(F)F)CC3)C(=O)O2)cc1. The maximum atomic E-state index is 13.0. The lowest BCUT2D eigenvalue weighted by Gasteiger charge is -2.35. The molecule has 2 aromatic rings. The number of methoxy groups -OCH3 is 1. The van der Waals surface area contributed by atoms with Crippen molar-refractivity contribution in [3.8, 4) is 11.5 Å². The van der Waals surface area contributed by atoms with Crippen LogP contribution in [0.5, 0.6) is 11.5 Å². The number of aromatic nitrogens is 2. The summed E-state index contributed by atoms with van der Waals surface area (Å²) in [4.78, 5) is 27.9. The summed E-state index contributed by atoms with van der Waals surface area (Å²) >= 11 is 0. The highest BCUT2D eigenvalue weighted by atomic mass is 19.4. The zero-order valence-electron chi connectivity index (χ0n) is 17.8. The van der Waals surface area contributed by atoms with Gasteiger partial charge in [0.1, 0.15) is 18.1 Å². The molecule has 0 radical (unpaired) electrons. The van der Waals surface area contributed by atoms with Gasteiger partial charge in [-0.1, -0.05) is 0 Å². The predicted octanol–water partition coefficient (Wildman–Crippen LogP) is 2.94. The van der Waals surface area contributed by atoms with E-state index in [9.17, 15) is 22.8 Å². The summed E-state index contributed by atoms with van der Waals surface area (Å²) in [5, 5.41) is 5.22. The molecular formula is C21H23F3N4O5. The topological polar surface area (TPSA) is 97.0 Å². The van der Waals surface area contributed by atoms with Gasteiger partial charge in [0, 0.05) is 19.1 Å². The summed E-state index contributed by atoms with van der Waals surface area (Å²) in [7, 11) is 1.57. The number of rotatable bonds is 6. The number of benzene rings is 1. The van der Waals surface area contributed by atoms with Gasteiger partial charge in [0.15, 0.2) is 11.8 Å². The first-order valence-electron chi connectivity index (χ1n) is 10.4. The second kappa shape index (κ2) is 9.20. The van der Waals surface area contributed by atoms with Gasteiger partial charge in [-0.25, -0.2) is 4.79 Å². The van der Waals surface area contributed by atoms with Gasteiger partial charge >= 0.3 is 12.3 Å². The van der Waals surface area contributed by atoms with Gasteiger partial charge < -0.3 is 24.0 Å². The quantitative estimate of drug-likeness (QED) is 0.700. The molecule has 2 aliphatic heterocycles. The number of H-pyrrole nitrogens is 1. The fourth-order valence-electron chi connectivity index (χ4n) is 4.00. The van der Waals surface area contributed by atoms with Crippen LogP contribution >= 0.6 is 0 Å². The first-order chi connectivity index (χ1) is 15.8. The van der Waals surface area contributed by atoms with Crippen LogP contribution in [0.2, 0.25) is 0 Å².